The van der Waals surface area contributed by atoms with Crippen LogP contribution in [-0.2, 0) is 13.0 Å². The molecule has 0 saturated carbocycles. The van der Waals surface area contributed by atoms with Crippen LogP contribution in [-0.4, -0.2) is 53.8 Å². The molecule has 0 aliphatic carbocycles. The molecule has 0 bridgehead atoms. The molecular formula is C35H44N4O2. The first-order valence-electron chi connectivity index (χ1n) is 14.8. The molecule has 1 saturated heterocycles. The highest BCUT2D eigenvalue weighted by Crippen LogP contribution is 2.30. The van der Waals surface area contributed by atoms with E-state index in [-0.39, 0.29) is 18.1 Å². The first kappa shape index (κ1) is 29.9. The monoisotopic (exact) mass is 552 g/mol. The lowest BCUT2D eigenvalue weighted by atomic mass is 9.93. The first-order valence-corrected chi connectivity index (χ1v) is 14.8. The summed E-state index contributed by atoms with van der Waals surface area (Å²) in [6.07, 6.45) is 2.87. The lowest BCUT2D eigenvalue weighted by molar-refractivity contribution is 0.0647. The predicted molar refractivity (Wildman–Crippen MR) is 170 cm³/mol. The number of amides is 1. The molecule has 3 aromatic rings. The Labute approximate surface area is 245 Å². The summed E-state index contributed by atoms with van der Waals surface area (Å²) in [5.74, 6) is 1.91. The molecule has 2 N–H and O–H groups in total. The molecule has 2 aliphatic heterocycles. The van der Waals surface area contributed by atoms with Crippen molar-refractivity contribution in [3.05, 3.63) is 95.6 Å². The van der Waals surface area contributed by atoms with Gasteiger partial charge in [-0.2, -0.15) is 0 Å². The van der Waals surface area contributed by atoms with Crippen LogP contribution >= 0.6 is 0 Å². The smallest absolute Gasteiger partial charge is 0.254 e. The van der Waals surface area contributed by atoms with Crippen molar-refractivity contribution in [2.45, 2.75) is 65.6 Å². The van der Waals surface area contributed by atoms with Crippen molar-refractivity contribution in [1.29, 1.82) is 0 Å². The standard InChI is InChI=1S/C33H38N4O2.C2H6/c1-22-17-29-11-12-31(39-30-13-15-36(16-14-30)24(3)35-4)20-32(29)33(38)37(22)21-25-7-5-9-27(18-25)28-10-6-8-26(19-28)23(2)34;1-2/h5-12,18-20,22,30H,2,13-17,21,34H2,1,3-4H3;1-2H3. The second-order valence-corrected chi connectivity index (χ2v) is 10.7. The number of ether oxygens (including phenoxy) is 1. The fourth-order valence-corrected chi connectivity index (χ4v) is 5.59. The summed E-state index contributed by atoms with van der Waals surface area (Å²) in [6.45, 7) is 14.5. The van der Waals surface area contributed by atoms with Crippen molar-refractivity contribution in [3.8, 4) is 16.9 Å². The number of hydrogen-bond acceptors (Lipinski definition) is 4. The largest absolute Gasteiger partial charge is 0.490 e. The van der Waals surface area contributed by atoms with E-state index in [9.17, 15) is 4.79 Å². The van der Waals surface area contributed by atoms with Crippen molar-refractivity contribution < 1.29 is 9.53 Å². The Morgan fingerprint density at radius 3 is 2.39 bits per heavy atom. The number of benzene rings is 3. The zero-order valence-corrected chi connectivity index (χ0v) is 25.2. The zero-order chi connectivity index (χ0) is 29.5. The van der Waals surface area contributed by atoms with Crippen LogP contribution in [0.15, 0.2) is 78.3 Å². The van der Waals surface area contributed by atoms with Crippen LogP contribution in [0, 0.1) is 0 Å². The molecule has 1 amide bonds. The molecule has 1 unspecified atom stereocenters. The fourth-order valence-electron chi connectivity index (χ4n) is 5.59. The Kier molecular flexibility index (Phi) is 9.87. The van der Waals surface area contributed by atoms with Gasteiger partial charge in [0.25, 0.3) is 5.91 Å². The number of likely N-dealkylation sites (tertiary alicyclic amines) is 1. The van der Waals surface area contributed by atoms with Gasteiger partial charge in [-0.05, 0) is 72.4 Å². The first-order chi connectivity index (χ1) is 19.8. The normalized spacial score (nSPS) is 17.4. The maximum atomic E-state index is 13.7. The number of carbonyl (C=O) groups excluding carboxylic acids is 1. The molecule has 41 heavy (non-hydrogen) atoms. The van der Waals surface area contributed by atoms with Gasteiger partial charge in [0.1, 0.15) is 11.9 Å². The summed E-state index contributed by atoms with van der Waals surface area (Å²) in [5.41, 5.74) is 12.5. The molecule has 3 aromatic carbocycles. The number of rotatable bonds is 6. The van der Waals surface area contributed by atoms with E-state index in [1.165, 1.54) is 0 Å². The number of nitrogens with two attached hydrogens (primary N) is 1. The van der Waals surface area contributed by atoms with Crippen LogP contribution in [0.25, 0.3) is 16.8 Å². The molecule has 1 atom stereocenters. The van der Waals surface area contributed by atoms with Gasteiger partial charge in [0.2, 0.25) is 0 Å². The highest BCUT2D eigenvalue weighted by atomic mass is 16.5. The highest BCUT2D eigenvalue weighted by molar-refractivity contribution is 5.97. The molecule has 2 aliphatic rings. The van der Waals surface area contributed by atoms with Crippen LogP contribution in [0.1, 0.15) is 67.6 Å². The van der Waals surface area contributed by atoms with Gasteiger partial charge in [0.05, 0.1) is 5.84 Å². The number of carbonyl (C=O) groups is 1. The average Bonchev–Trinajstić information content (AvgIpc) is 3.01. The van der Waals surface area contributed by atoms with Gasteiger partial charge in [0.15, 0.2) is 0 Å². The van der Waals surface area contributed by atoms with E-state index >= 15 is 0 Å². The molecule has 0 spiro atoms. The number of hydrogen-bond donors (Lipinski definition) is 1. The fraction of sp³-hybridized carbons (Fsp3) is 0.371. The minimum absolute atomic E-state index is 0.0608. The Morgan fingerprint density at radius 2 is 1.71 bits per heavy atom. The van der Waals surface area contributed by atoms with Gasteiger partial charge in [-0.25, -0.2) is 0 Å². The van der Waals surface area contributed by atoms with Gasteiger partial charge in [-0.3, -0.25) is 9.79 Å². The quantitative estimate of drug-likeness (QED) is 0.270. The minimum Gasteiger partial charge on any atom is -0.490 e. The maximum Gasteiger partial charge on any atom is 0.254 e. The molecule has 216 valence electrons. The van der Waals surface area contributed by atoms with E-state index in [2.05, 4.69) is 66.7 Å². The van der Waals surface area contributed by atoms with Gasteiger partial charge in [0, 0.05) is 56.8 Å². The predicted octanol–water partition coefficient (Wildman–Crippen LogP) is 6.79. The number of aliphatic imine (C=N–C) groups is 1. The van der Waals surface area contributed by atoms with Crippen molar-refractivity contribution >= 4 is 17.4 Å². The van der Waals surface area contributed by atoms with Crippen molar-refractivity contribution in [1.82, 2.24) is 9.80 Å². The number of fused-ring (bicyclic) bond motifs is 1. The van der Waals surface area contributed by atoms with E-state index in [1.807, 2.05) is 56.1 Å². The molecule has 1 fully saturated rings. The number of nitrogens with zero attached hydrogens (tertiary/aromatic N) is 3. The van der Waals surface area contributed by atoms with Gasteiger partial charge < -0.3 is 20.3 Å². The van der Waals surface area contributed by atoms with Crippen molar-refractivity contribution in [2.75, 3.05) is 20.1 Å². The van der Waals surface area contributed by atoms with E-state index in [1.54, 1.807) is 0 Å². The lowest BCUT2D eigenvalue weighted by Gasteiger charge is -2.36. The summed E-state index contributed by atoms with van der Waals surface area (Å²) in [7, 11) is 1.83. The summed E-state index contributed by atoms with van der Waals surface area (Å²) in [4.78, 5) is 22.3. The summed E-state index contributed by atoms with van der Waals surface area (Å²) in [6, 6.07) is 22.6. The third-order valence-corrected chi connectivity index (χ3v) is 7.99. The maximum absolute atomic E-state index is 13.7. The third kappa shape index (κ3) is 6.99. The van der Waals surface area contributed by atoms with Gasteiger partial charge >= 0.3 is 0 Å². The highest BCUT2D eigenvalue weighted by Gasteiger charge is 2.30. The second-order valence-electron chi connectivity index (χ2n) is 10.7. The summed E-state index contributed by atoms with van der Waals surface area (Å²) in [5, 5.41) is 0. The second kappa shape index (κ2) is 13.5. The summed E-state index contributed by atoms with van der Waals surface area (Å²) < 4.78 is 6.35. The molecule has 0 radical (unpaired) electrons. The number of amidine groups is 1. The molecule has 5 rings (SSSR count). The van der Waals surface area contributed by atoms with E-state index in [4.69, 9.17) is 10.5 Å². The molecule has 2 heterocycles. The lowest BCUT2D eigenvalue weighted by Crippen LogP contribution is -2.43. The molecular weight excluding hydrogens is 508 g/mol. The van der Waals surface area contributed by atoms with E-state index < -0.39 is 0 Å². The van der Waals surface area contributed by atoms with Crippen molar-refractivity contribution in [3.63, 3.8) is 0 Å². The Morgan fingerprint density at radius 1 is 1.02 bits per heavy atom. The molecule has 6 heteroatoms. The van der Waals surface area contributed by atoms with Crippen molar-refractivity contribution in [2.24, 2.45) is 10.7 Å². The van der Waals surface area contributed by atoms with Crippen LogP contribution < -0.4 is 10.5 Å². The van der Waals surface area contributed by atoms with Gasteiger partial charge in [-0.1, -0.05) is 62.9 Å². The number of piperidine rings is 1. The molecule has 0 aromatic heterocycles. The Hall–Kier alpha value is -4.06. The van der Waals surface area contributed by atoms with E-state index in [0.717, 1.165) is 77.3 Å². The van der Waals surface area contributed by atoms with Crippen LogP contribution in [0.5, 0.6) is 5.75 Å². The molecule has 6 nitrogen and oxygen atoms in total. The van der Waals surface area contributed by atoms with Crippen LogP contribution in [0.2, 0.25) is 0 Å². The Bertz CT molecular complexity index is 1400. The SMILES string of the molecule is C=C(N)c1cccc(-c2cccc(CN3C(=O)c4cc(OC5CCN(C(C)=NC)CC5)ccc4CC3C)c2)c1.CC. The average molecular weight is 553 g/mol. The van der Waals surface area contributed by atoms with E-state index in [0.29, 0.717) is 12.2 Å². The van der Waals surface area contributed by atoms with Gasteiger partial charge in [-0.15, -0.1) is 0 Å². The zero-order valence-electron chi connectivity index (χ0n) is 25.2. The Balaban J connectivity index is 0.00000189. The third-order valence-electron chi connectivity index (χ3n) is 7.99. The van der Waals surface area contributed by atoms with Crippen LogP contribution in [0.4, 0.5) is 0 Å². The summed E-state index contributed by atoms with van der Waals surface area (Å²) >= 11 is 0. The van der Waals surface area contributed by atoms with Crippen LogP contribution in [0.3, 0.4) is 0 Å². The topological polar surface area (TPSA) is 71.2 Å². The minimum atomic E-state index is 0.0608.